The summed E-state index contributed by atoms with van der Waals surface area (Å²) in [4.78, 5) is 0. The lowest BCUT2D eigenvalue weighted by Crippen LogP contribution is -2.44. The van der Waals surface area contributed by atoms with Gasteiger partial charge in [0, 0.05) is 12.6 Å². The van der Waals surface area contributed by atoms with Gasteiger partial charge in [-0.1, -0.05) is 0 Å². The summed E-state index contributed by atoms with van der Waals surface area (Å²) in [5.41, 5.74) is -0.330. The van der Waals surface area contributed by atoms with Crippen LogP contribution in [0.5, 0.6) is 0 Å². The highest BCUT2D eigenvalue weighted by molar-refractivity contribution is 5.04. The zero-order valence-electron chi connectivity index (χ0n) is 11.6. The van der Waals surface area contributed by atoms with Gasteiger partial charge >= 0.3 is 0 Å². The lowest BCUT2D eigenvalue weighted by atomic mass is 9.94. The predicted octanol–water partition coefficient (Wildman–Crippen LogP) is 2.25. The van der Waals surface area contributed by atoms with Gasteiger partial charge in [-0.25, -0.2) is 0 Å². The molecule has 18 heavy (non-hydrogen) atoms. The normalized spacial score (nSPS) is 27.3. The fraction of sp³-hybridized carbons (Fsp3) is 0.714. The molecular formula is C14H23NO3. The van der Waals surface area contributed by atoms with E-state index in [1.54, 1.807) is 18.4 Å². The van der Waals surface area contributed by atoms with E-state index in [1.165, 1.54) is 0 Å². The summed E-state index contributed by atoms with van der Waals surface area (Å²) < 4.78 is 11.2. The molecule has 4 heteroatoms. The number of hydrogen-bond donors (Lipinski definition) is 2. The molecule has 1 aromatic rings. The third-order valence-corrected chi connectivity index (χ3v) is 3.50. The first-order chi connectivity index (χ1) is 8.30. The molecule has 0 saturated carbocycles. The summed E-state index contributed by atoms with van der Waals surface area (Å²) in [5.74, 6) is 0.596. The van der Waals surface area contributed by atoms with Crippen molar-refractivity contribution in [3.63, 3.8) is 0 Å². The predicted molar refractivity (Wildman–Crippen MR) is 69.3 cm³/mol. The number of ether oxygens (including phenoxy) is 1. The van der Waals surface area contributed by atoms with Crippen LogP contribution in [0, 0.1) is 0 Å². The Hall–Kier alpha value is -0.840. The summed E-state index contributed by atoms with van der Waals surface area (Å²) in [7, 11) is 0. The van der Waals surface area contributed by atoms with E-state index in [4.69, 9.17) is 9.15 Å². The molecule has 102 valence electrons. The highest BCUT2D eigenvalue weighted by Crippen LogP contribution is 2.37. The maximum atomic E-state index is 9.97. The molecule has 0 spiro atoms. The molecule has 1 aliphatic rings. The molecule has 2 heterocycles. The molecule has 1 aromatic heterocycles. The van der Waals surface area contributed by atoms with Crippen molar-refractivity contribution in [2.45, 2.75) is 57.5 Å². The van der Waals surface area contributed by atoms with E-state index in [0.29, 0.717) is 12.3 Å². The van der Waals surface area contributed by atoms with Gasteiger partial charge in [0.15, 0.2) is 0 Å². The van der Waals surface area contributed by atoms with Crippen LogP contribution >= 0.6 is 0 Å². The van der Waals surface area contributed by atoms with Crippen LogP contribution in [0.25, 0.3) is 0 Å². The fourth-order valence-corrected chi connectivity index (χ4v) is 2.72. The molecule has 1 aliphatic heterocycles. The molecule has 2 N–H and O–H groups in total. The van der Waals surface area contributed by atoms with E-state index in [0.717, 1.165) is 6.42 Å². The van der Waals surface area contributed by atoms with Crippen molar-refractivity contribution in [1.29, 1.82) is 0 Å². The van der Waals surface area contributed by atoms with Crippen molar-refractivity contribution in [1.82, 2.24) is 5.32 Å². The SMILES string of the molecule is CC1(C)CC(NCC(O)c2ccco2)C(C)(C)O1. The maximum absolute atomic E-state index is 9.97. The standard InChI is InChI=1S/C14H23NO3/c1-13(2)8-12(14(3,4)18-13)15-9-10(16)11-6-5-7-17-11/h5-7,10,12,15-16H,8-9H2,1-4H3. The van der Waals surface area contributed by atoms with Gasteiger partial charge in [0.05, 0.1) is 17.5 Å². The van der Waals surface area contributed by atoms with Gasteiger partial charge in [0.25, 0.3) is 0 Å². The summed E-state index contributed by atoms with van der Waals surface area (Å²) >= 11 is 0. The molecule has 0 radical (unpaired) electrons. The quantitative estimate of drug-likeness (QED) is 0.864. The van der Waals surface area contributed by atoms with Gasteiger partial charge in [0.2, 0.25) is 0 Å². The van der Waals surface area contributed by atoms with Crippen molar-refractivity contribution in [3.8, 4) is 0 Å². The van der Waals surface area contributed by atoms with Crippen LogP contribution < -0.4 is 5.32 Å². The van der Waals surface area contributed by atoms with Crippen LogP contribution in [0.1, 0.15) is 46.0 Å². The molecule has 2 atom stereocenters. The Bertz CT molecular complexity index is 384. The molecule has 1 saturated heterocycles. The van der Waals surface area contributed by atoms with Gasteiger partial charge < -0.3 is 19.6 Å². The smallest absolute Gasteiger partial charge is 0.133 e. The first kappa shape index (κ1) is 13.6. The van der Waals surface area contributed by atoms with Crippen molar-refractivity contribution < 1.29 is 14.3 Å². The largest absolute Gasteiger partial charge is 0.467 e. The number of aliphatic hydroxyl groups excluding tert-OH is 1. The average molecular weight is 253 g/mol. The van der Waals surface area contributed by atoms with Crippen molar-refractivity contribution in [2.24, 2.45) is 0 Å². The molecule has 0 amide bonds. The number of hydrogen-bond acceptors (Lipinski definition) is 4. The molecular weight excluding hydrogens is 230 g/mol. The third-order valence-electron chi connectivity index (χ3n) is 3.50. The van der Waals surface area contributed by atoms with Crippen molar-refractivity contribution >= 4 is 0 Å². The van der Waals surface area contributed by atoms with Crippen LogP contribution in [0.3, 0.4) is 0 Å². The molecule has 1 fully saturated rings. The third kappa shape index (κ3) is 2.94. The summed E-state index contributed by atoms with van der Waals surface area (Å²) in [6.45, 7) is 8.83. The van der Waals surface area contributed by atoms with E-state index in [1.807, 2.05) is 0 Å². The van der Waals surface area contributed by atoms with Crippen LogP contribution in [-0.4, -0.2) is 28.9 Å². The summed E-state index contributed by atoms with van der Waals surface area (Å²) in [6.07, 6.45) is 1.90. The second-order valence-corrected chi connectivity index (χ2v) is 6.16. The Morgan fingerprint density at radius 2 is 2.17 bits per heavy atom. The topological polar surface area (TPSA) is 54.6 Å². The zero-order chi connectivity index (χ0) is 13.4. The molecule has 0 bridgehead atoms. The molecule has 2 rings (SSSR count). The van der Waals surface area contributed by atoms with Gasteiger partial charge in [-0.2, -0.15) is 0 Å². The number of nitrogens with one attached hydrogen (secondary N) is 1. The van der Waals surface area contributed by atoms with E-state index in [-0.39, 0.29) is 17.2 Å². The van der Waals surface area contributed by atoms with Gasteiger partial charge in [-0.3, -0.25) is 0 Å². The molecule has 2 unspecified atom stereocenters. The Balaban J connectivity index is 1.91. The highest BCUT2D eigenvalue weighted by atomic mass is 16.5. The minimum absolute atomic E-state index is 0.114. The van der Waals surface area contributed by atoms with E-state index >= 15 is 0 Å². The minimum atomic E-state index is -0.612. The lowest BCUT2D eigenvalue weighted by Gasteiger charge is -2.28. The average Bonchev–Trinajstić information content (AvgIpc) is 2.80. The number of furan rings is 1. The number of aliphatic hydroxyl groups is 1. The molecule has 0 aliphatic carbocycles. The minimum Gasteiger partial charge on any atom is -0.467 e. The highest BCUT2D eigenvalue weighted by Gasteiger charge is 2.45. The summed E-state index contributed by atoms with van der Waals surface area (Å²) in [5, 5.41) is 13.4. The monoisotopic (exact) mass is 253 g/mol. The van der Waals surface area contributed by atoms with Gasteiger partial charge in [0.1, 0.15) is 11.9 Å². The first-order valence-electron chi connectivity index (χ1n) is 6.45. The number of rotatable bonds is 4. The van der Waals surface area contributed by atoms with Crippen molar-refractivity contribution in [3.05, 3.63) is 24.2 Å². The van der Waals surface area contributed by atoms with Crippen LogP contribution in [0.4, 0.5) is 0 Å². The first-order valence-corrected chi connectivity index (χ1v) is 6.45. The summed E-state index contributed by atoms with van der Waals surface area (Å²) in [6, 6.07) is 3.80. The second kappa shape index (κ2) is 4.68. The fourth-order valence-electron chi connectivity index (χ4n) is 2.72. The second-order valence-electron chi connectivity index (χ2n) is 6.16. The van der Waals surface area contributed by atoms with E-state index in [2.05, 4.69) is 33.0 Å². The van der Waals surface area contributed by atoms with E-state index < -0.39 is 6.10 Å². The van der Waals surface area contributed by atoms with E-state index in [9.17, 15) is 5.11 Å². The zero-order valence-corrected chi connectivity index (χ0v) is 11.6. The van der Waals surface area contributed by atoms with Gasteiger partial charge in [-0.15, -0.1) is 0 Å². The van der Waals surface area contributed by atoms with Crippen LogP contribution in [0.15, 0.2) is 22.8 Å². The lowest BCUT2D eigenvalue weighted by molar-refractivity contribution is -0.0703. The van der Waals surface area contributed by atoms with Crippen LogP contribution in [-0.2, 0) is 4.74 Å². The molecule has 4 nitrogen and oxygen atoms in total. The Morgan fingerprint density at radius 1 is 1.44 bits per heavy atom. The van der Waals surface area contributed by atoms with Gasteiger partial charge in [-0.05, 0) is 46.2 Å². The molecule has 0 aromatic carbocycles. The Labute approximate surface area is 108 Å². The van der Waals surface area contributed by atoms with Crippen molar-refractivity contribution in [2.75, 3.05) is 6.54 Å². The Morgan fingerprint density at radius 3 is 2.67 bits per heavy atom. The van der Waals surface area contributed by atoms with Crippen LogP contribution in [0.2, 0.25) is 0 Å². The Kier molecular flexibility index (Phi) is 3.54. The maximum Gasteiger partial charge on any atom is 0.133 e.